The van der Waals surface area contributed by atoms with E-state index in [4.69, 9.17) is 0 Å². The summed E-state index contributed by atoms with van der Waals surface area (Å²) < 4.78 is 1.78. The lowest BCUT2D eigenvalue weighted by atomic mass is 10.0. The average molecular weight is 345 g/mol. The fraction of sp³-hybridized carbons (Fsp3) is 0.526. The Morgan fingerprint density at radius 1 is 1.17 bits per heavy atom. The highest BCUT2D eigenvalue weighted by molar-refractivity contribution is 7.27. The standard InChI is InChI=1S/C19H28N2SSi/c1-4-23(5-2,6-3)19-16(13-15-9-7-8-11-21-15)17-14-20-12-10-18(17)22-19/h7-9,11,20H,4-6,10,12-14H2,1-3H3. The average Bonchev–Trinajstić information content (AvgIpc) is 2.97. The van der Waals surface area contributed by atoms with Gasteiger partial charge < -0.3 is 5.32 Å². The quantitative estimate of drug-likeness (QED) is 0.798. The summed E-state index contributed by atoms with van der Waals surface area (Å²) in [5.74, 6) is 0. The first-order valence-corrected chi connectivity index (χ1v) is 12.4. The normalized spacial score (nSPS) is 14.7. The van der Waals surface area contributed by atoms with E-state index >= 15 is 0 Å². The molecule has 0 aliphatic carbocycles. The van der Waals surface area contributed by atoms with E-state index in [1.54, 1.807) is 20.5 Å². The molecule has 0 amide bonds. The second-order valence-corrected chi connectivity index (χ2v) is 13.2. The smallest absolute Gasteiger partial charge is 0.0991 e. The van der Waals surface area contributed by atoms with Gasteiger partial charge in [0.25, 0.3) is 0 Å². The highest BCUT2D eigenvalue weighted by Gasteiger charge is 2.35. The molecule has 3 heterocycles. The van der Waals surface area contributed by atoms with Crippen LogP contribution in [0.2, 0.25) is 18.1 Å². The van der Waals surface area contributed by atoms with E-state index < -0.39 is 8.07 Å². The second-order valence-electron chi connectivity index (χ2n) is 6.58. The number of hydrogen-bond donors (Lipinski definition) is 1. The molecule has 124 valence electrons. The zero-order chi connectivity index (χ0) is 16.3. The Kier molecular flexibility index (Phi) is 5.34. The lowest BCUT2D eigenvalue weighted by Crippen LogP contribution is -2.46. The van der Waals surface area contributed by atoms with Crippen LogP contribution in [0, 0.1) is 0 Å². The lowest BCUT2D eigenvalue weighted by molar-refractivity contribution is 0.648. The van der Waals surface area contributed by atoms with Crippen LogP contribution in [0.15, 0.2) is 24.4 Å². The number of pyridine rings is 1. The third-order valence-corrected chi connectivity index (χ3v) is 13.7. The minimum atomic E-state index is -1.34. The minimum absolute atomic E-state index is 1.01. The molecule has 0 unspecified atom stereocenters. The van der Waals surface area contributed by atoms with E-state index in [1.807, 2.05) is 12.3 Å². The predicted octanol–water partition coefficient (Wildman–Crippen LogP) is 4.10. The predicted molar refractivity (Wildman–Crippen MR) is 104 cm³/mol. The molecule has 23 heavy (non-hydrogen) atoms. The number of hydrogen-bond acceptors (Lipinski definition) is 3. The lowest BCUT2D eigenvalue weighted by Gasteiger charge is -2.28. The Hall–Kier alpha value is -0.973. The maximum absolute atomic E-state index is 4.60. The van der Waals surface area contributed by atoms with E-state index in [0.29, 0.717) is 0 Å². The van der Waals surface area contributed by atoms with Crippen molar-refractivity contribution in [3.8, 4) is 0 Å². The third kappa shape index (κ3) is 3.17. The van der Waals surface area contributed by atoms with Crippen LogP contribution in [-0.2, 0) is 19.4 Å². The van der Waals surface area contributed by atoms with E-state index in [2.05, 4.69) is 54.5 Å². The molecule has 0 saturated heterocycles. The van der Waals surface area contributed by atoms with Crippen molar-refractivity contribution in [2.24, 2.45) is 0 Å². The molecule has 4 heteroatoms. The number of nitrogens with zero attached hydrogens (tertiary/aromatic N) is 1. The van der Waals surface area contributed by atoms with Gasteiger partial charge in [0.2, 0.25) is 0 Å². The van der Waals surface area contributed by atoms with Gasteiger partial charge in [0, 0.05) is 36.3 Å². The SMILES string of the molecule is CC[Si](CC)(CC)c1sc2c(c1Cc1ccccn1)CNCC2. The molecule has 1 aliphatic rings. The van der Waals surface area contributed by atoms with Crippen LogP contribution in [0.1, 0.15) is 42.5 Å². The molecule has 1 aliphatic heterocycles. The number of thiophene rings is 1. The molecule has 0 spiro atoms. The van der Waals surface area contributed by atoms with Crippen LogP contribution >= 0.6 is 11.3 Å². The maximum Gasteiger partial charge on any atom is 0.0991 e. The van der Waals surface area contributed by atoms with Gasteiger partial charge in [-0.2, -0.15) is 0 Å². The first-order valence-electron chi connectivity index (χ1n) is 8.98. The Labute approximate surface area is 145 Å². The zero-order valence-electron chi connectivity index (χ0n) is 14.6. The summed E-state index contributed by atoms with van der Waals surface area (Å²) in [6.07, 6.45) is 4.14. The van der Waals surface area contributed by atoms with E-state index in [1.165, 1.54) is 30.2 Å². The molecule has 0 aromatic carbocycles. The molecule has 1 N–H and O–H groups in total. The number of aromatic nitrogens is 1. The van der Waals surface area contributed by atoms with Crippen molar-refractivity contribution in [1.29, 1.82) is 0 Å². The van der Waals surface area contributed by atoms with Gasteiger partial charge in [0.05, 0.1) is 8.07 Å². The van der Waals surface area contributed by atoms with Crippen LogP contribution < -0.4 is 9.82 Å². The van der Waals surface area contributed by atoms with Gasteiger partial charge in [-0.1, -0.05) is 45.0 Å². The zero-order valence-corrected chi connectivity index (χ0v) is 16.4. The van der Waals surface area contributed by atoms with Crippen molar-refractivity contribution < 1.29 is 0 Å². The van der Waals surface area contributed by atoms with Crippen molar-refractivity contribution in [1.82, 2.24) is 10.3 Å². The monoisotopic (exact) mass is 344 g/mol. The Morgan fingerprint density at radius 2 is 1.96 bits per heavy atom. The summed E-state index contributed by atoms with van der Waals surface area (Å²) in [7, 11) is -1.34. The van der Waals surface area contributed by atoms with E-state index in [9.17, 15) is 0 Å². The molecule has 0 fully saturated rings. The van der Waals surface area contributed by atoms with Gasteiger partial charge in [-0.05, 0) is 34.2 Å². The van der Waals surface area contributed by atoms with Crippen LogP contribution in [0.3, 0.4) is 0 Å². The van der Waals surface area contributed by atoms with Crippen LogP contribution in [0.4, 0.5) is 0 Å². The summed E-state index contributed by atoms with van der Waals surface area (Å²) in [4.78, 5) is 6.25. The molecular formula is C19H28N2SSi. The molecule has 0 radical (unpaired) electrons. The molecule has 0 saturated carbocycles. The summed E-state index contributed by atoms with van der Waals surface area (Å²) in [6.45, 7) is 9.44. The first kappa shape index (κ1) is 16.9. The first-order chi connectivity index (χ1) is 11.2. The van der Waals surface area contributed by atoms with Gasteiger partial charge in [-0.25, -0.2) is 0 Å². The highest BCUT2D eigenvalue weighted by atomic mass is 32.1. The number of nitrogens with one attached hydrogen (secondary N) is 1. The second kappa shape index (κ2) is 7.28. The highest BCUT2D eigenvalue weighted by Crippen LogP contribution is 2.32. The molecule has 0 bridgehead atoms. The van der Waals surface area contributed by atoms with Crippen molar-refractivity contribution in [2.75, 3.05) is 6.54 Å². The van der Waals surface area contributed by atoms with Crippen molar-refractivity contribution >= 4 is 23.9 Å². The van der Waals surface area contributed by atoms with Crippen LogP contribution in [0.5, 0.6) is 0 Å². The Bertz CT molecular complexity index is 639. The van der Waals surface area contributed by atoms with E-state index in [0.717, 1.165) is 19.5 Å². The largest absolute Gasteiger partial charge is 0.312 e. The van der Waals surface area contributed by atoms with E-state index in [-0.39, 0.29) is 0 Å². The number of rotatable bonds is 6. The van der Waals surface area contributed by atoms with Gasteiger partial charge in [0.1, 0.15) is 0 Å². The summed E-state index contributed by atoms with van der Waals surface area (Å²) >= 11 is 2.16. The van der Waals surface area contributed by atoms with Crippen molar-refractivity contribution in [2.45, 2.75) is 58.3 Å². The van der Waals surface area contributed by atoms with Crippen molar-refractivity contribution in [3.05, 3.63) is 46.1 Å². The fourth-order valence-electron chi connectivity index (χ4n) is 3.91. The molecule has 2 aromatic heterocycles. The Balaban J connectivity index is 2.09. The molecule has 2 aromatic rings. The van der Waals surface area contributed by atoms with Gasteiger partial charge in [-0.3, -0.25) is 4.98 Å². The minimum Gasteiger partial charge on any atom is -0.312 e. The van der Waals surface area contributed by atoms with Crippen LogP contribution in [0.25, 0.3) is 0 Å². The Morgan fingerprint density at radius 3 is 2.61 bits per heavy atom. The van der Waals surface area contributed by atoms with Crippen molar-refractivity contribution in [3.63, 3.8) is 0 Å². The molecule has 2 nitrogen and oxygen atoms in total. The summed E-state index contributed by atoms with van der Waals surface area (Å²) in [5, 5.41) is 3.59. The topological polar surface area (TPSA) is 24.9 Å². The maximum atomic E-state index is 4.60. The van der Waals surface area contributed by atoms with Gasteiger partial charge in [0.15, 0.2) is 0 Å². The summed E-state index contributed by atoms with van der Waals surface area (Å²) in [6, 6.07) is 10.4. The van der Waals surface area contributed by atoms with Gasteiger partial charge >= 0.3 is 0 Å². The number of fused-ring (bicyclic) bond motifs is 1. The molecule has 0 atom stereocenters. The third-order valence-electron chi connectivity index (χ3n) is 5.63. The fourth-order valence-corrected chi connectivity index (χ4v) is 10.9. The summed E-state index contributed by atoms with van der Waals surface area (Å²) in [5.41, 5.74) is 4.45. The van der Waals surface area contributed by atoms with Gasteiger partial charge in [-0.15, -0.1) is 11.3 Å². The molecule has 3 rings (SSSR count). The molecular weight excluding hydrogens is 316 g/mol. The van der Waals surface area contributed by atoms with Crippen LogP contribution in [-0.4, -0.2) is 19.6 Å².